The van der Waals surface area contributed by atoms with E-state index in [-0.39, 0.29) is 12.2 Å². The third-order valence-corrected chi connectivity index (χ3v) is 4.18. The molecule has 0 aliphatic carbocycles. The van der Waals surface area contributed by atoms with Gasteiger partial charge >= 0.3 is 6.03 Å². The van der Waals surface area contributed by atoms with E-state index in [1.165, 1.54) is 0 Å². The molecule has 1 saturated heterocycles. The fourth-order valence-electron chi connectivity index (χ4n) is 2.13. The number of nitrogens with two attached hydrogens (primary N) is 1. The van der Waals surface area contributed by atoms with Crippen molar-refractivity contribution in [2.24, 2.45) is 5.73 Å². The molecular weight excluding hydrogens is 294 g/mol. The van der Waals surface area contributed by atoms with Crippen molar-refractivity contribution < 1.29 is 18.0 Å². The van der Waals surface area contributed by atoms with Crippen LogP contribution in [0.2, 0.25) is 0 Å². The van der Waals surface area contributed by atoms with E-state index in [4.69, 9.17) is 5.73 Å². The Bertz CT molecular complexity index is 672. The van der Waals surface area contributed by atoms with Gasteiger partial charge in [0.1, 0.15) is 15.9 Å². The van der Waals surface area contributed by atoms with Crippen LogP contribution in [0.1, 0.15) is 12.0 Å². The zero-order valence-electron chi connectivity index (χ0n) is 11.6. The van der Waals surface area contributed by atoms with Crippen molar-refractivity contribution in [1.82, 2.24) is 5.32 Å². The van der Waals surface area contributed by atoms with E-state index in [1.54, 1.807) is 24.3 Å². The third-order valence-electron chi connectivity index (χ3n) is 3.20. The largest absolute Gasteiger partial charge is 0.329 e. The highest BCUT2D eigenvalue weighted by Gasteiger charge is 2.39. The standard InChI is InChI=1S/C13H17N3O4S/c1-21(19,20)6-5-11-12(17)16(13(18)15-11)10-4-2-3-9(7-10)8-14/h2-4,7,11H,5-6,8,14H2,1H3,(H,15,18). The lowest BCUT2D eigenvalue weighted by Gasteiger charge is -2.14. The van der Waals surface area contributed by atoms with Crippen LogP contribution < -0.4 is 16.0 Å². The maximum atomic E-state index is 12.2. The van der Waals surface area contributed by atoms with Gasteiger partial charge in [-0.1, -0.05) is 12.1 Å². The van der Waals surface area contributed by atoms with Gasteiger partial charge in [0, 0.05) is 12.8 Å². The third kappa shape index (κ3) is 3.59. The average molecular weight is 311 g/mol. The Balaban J connectivity index is 2.18. The molecule has 21 heavy (non-hydrogen) atoms. The van der Waals surface area contributed by atoms with Gasteiger partial charge in [0.25, 0.3) is 5.91 Å². The van der Waals surface area contributed by atoms with Crippen LogP contribution >= 0.6 is 0 Å². The molecular formula is C13H17N3O4S. The summed E-state index contributed by atoms with van der Waals surface area (Å²) in [6, 6.07) is 5.44. The number of hydrogen-bond donors (Lipinski definition) is 2. The molecule has 1 heterocycles. The SMILES string of the molecule is CS(=O)(=O)CCC1NC(=O)N(c2cccc(CN)c2)C1=O. The molecule has 0 saturated carbocycles. The Labute approximate surface area is 123 Å². The summed E-state index contributed by atoms with van der Waals surface area (Å²) in [4.78, 5) is 25.2. The second-order valence-electron chi connectivity index (χ2n) is 4.97. The van der Waals surface area contributed by atoms with Crippen molar-refractivity contribution in [3.8, 4) is 0 Å². The van der Waals surface area contributed by atoms with Gasteiger partial charge in [-0.2, -0.15) is 0 Å². The summed E-state index contributed by atoms with van der Waals surface area (Å²) in [5, 5.41) is 2.50. The van der Waals surface area contributed by atoms with E-state index in [2.05, 4.69) is 5.32 Å². The number of nitrogens with one attached hydrogen (secondary N) is 1. The number of carbonyl (C=O) groups is 2. The summed E-state index contributed by atoms with van der Waals surface area (Å²) in [5.41, 5.74) is 6.77. The minimum atomic E-state index is -3.18. The summed E-state index contributed by atoms with van der Waals surface area (Å²) in [6.07, 6.45) is 1.16. The van der Waals surface area contributed by atoms with E-state index in [0.29, 0.717) is 12.2 Å². The van der Waals surface area contributed by atoms with Crippen LogP contribution in [0.15, 0.2) is 24.3 Å². The molecule has 1 aromatic rings. The topological polar surface area (TPSA) is 110 Å². The molecule has 0 spiro atoms. The smallest absolute Gasteiger partial charge is 0.326 e. The summed E-state index contributed by atoms with van der Waals surface area (Å²) in [5.74, 6) is -0.599. The lowest BCUT2D eigenvalue weighted by Crippen LogP contribution is -2.32. The van der Waals surface area contributed by atoms with Gasteiger partial charge in [0.2, 0.25) is 0 Å². The Kier molecular flexibility index (Phi) is 4.29. The van der Waals surface area contributed by atoms with Gasteiger partial charge < -0.3 is 11.1 Å². The lowest BCUT2D eigenvalue weighted by atomic mass is 10.1. The van der Waals surface area contributed by atoms with Crippen LogP contribution in [-0.4, -0.2) is 38.4 Å². The molecule has 1 aromatic carbocycles. The van der Waals surface area contributed by atoms with Crippen LogP contribution in [0.25, 0.3) is 0 Å². The summed E-state index contributed by atoms with van der Waals surface area (Å²) >= 11 is 0. The average Bonchev–Trinajstić information content (AvgIpc) is 2.70. The number of benzene rings is 1. The molecule has 114 valence electrons. The van der Waals surface area contributed by atoms with Gasteiger partial charge in [0.05, 0.1) is 11.4 Å². The Hall–Kier alpha value is -1.93. The quantitative estimate of drug-likeness (QED) is 0.744. The minimum Gasteiger partial charge on any atom is -0.326 e. The highest BCUT2D eigenvalue weighted by molar-refractivity contribution is 7.90. The predicted molar refractivity (Wildman–Crippen MR) is 78.5 cm³/mol. The molecule has 1 unspecified atom stereocenters. The monoisotopic (exact) mass is 311 g/mol. The maximum Gasteiger partial charge on any atom is 0.329 e. The maximum absolute atomic E-state index is 12.2. The number of carbonyl (C=O) groups excluding carboxylic acids is 2. The fourth-order valence-corrected chi connectivity index (χ4v) is 2.79. The second-order valence-corrected chi connectivity index (χ2v) is 7.23. The lowest BCUT2D eigenvalue weighted by molar-refractivity contribution is -0.118. The molecule has 2 rings (SSSR count). The predicted octanol–water partition coefficient (Wildman–Crippen LogP) is 0.00480. The van der Waals surface area contributed by atoms with Crippen molar-refractivity contribution in [3.05, 3.63) is 29.8 Å². The van der Waals surface area contributed by atoms with Crippen molar-refractivity contribution in [1.29, 1.82) is 0 Å². The minimum absolute atomic E-state index is 0.0660. The zero-order valence-corrected chi connectivity index (χ0v) is 12.4. The molecule has 1 fully saturated rings. The van der Waals surface area contributed by atoms with Crippen molar-refractivity contribution in [2.75, 3.05) is 16.9 Å². The number of sulfone groups is 1. The van der Waals surface area contributed by atoms with E-state index in [1.807, 2.05) is 0 Å². The molecule has 0 radical (unpaired) electrons. The van der Waals surface area contributed by atoms with E-state index < -0.39 is 27.8 Å². The van der Waals surface area contributed by atoms with Gasteiger partial charge in [-0.25, -0.2) is 18.1 Å². The summed E-state index contributed by atoms with van der Waals surface area (Å²) < 4.78 is 22.3. The van der Waals surface area contributed by atoms with Crippen LogP contribution in [0.5, 0.6) is 0 Å². The first-order chi connectivity index (χ1) is 9.81. The van der Waals surface area contributed by atoms with Gasteiger partial charge in [-0.15, -0.1) is 0 Å². The molecule has 1 aliphatic rings. The number of nitrogens with zero attached hydrogens (tertiary/aromatic N) is 1. The van der Waals surface area contributed by atoms with Crippen LogP contribution in [0.4, 0.5) is 10.5 Å². The van der Waals surface area contributed by atoms with E-state index >= 15 is 0 Å². The van der Waals surface area contributed by atoms with Crippen LogP contribution in [-0.2, 0) is 21.2 Å². The second kappa shape index (κ2) is 5.82. The van der Waals surface area contributed by atoms with Crippen molar-refractivity contribution >= 4 is 27.5 Å². The number of imide groups is 1. The van der Waals surface area contributed by atoms with Crippen molar-refractivity contribution in [3.63, 3.8) is 0 Å². The normalized spacial score (nSPS) is 19.0. The summed E-state index contributed by atoms with van der Waals surface area (Å²) in [6.45, 7) is 0.301. The molecule has 8 heteroatoms. The first kappa shape index (κ1) is 15.5. The number of urea groups is 1. The first-order valence-electron chi connectivity index (χ1n) is 6.43. The van der Waals surface area contributed by atoms with E-state index in [9.17, 15) is 18.0 Å². The zero-order chi connectivity index (χ0) is 15.6. The number of amides is 3. The Morgan fingerprint density at radius 3 is 2.67 bits per heavy atom. The molecule has 7 nitrogen and oxygen atoms in total. The molecule has 1 aliphatic heterocycles. The molecule has 3 N–H and O–H groups in total. The van der Waals surface area contributed by atoms with Crippen molar-refractivity contribution in [2.45, 2.75) is 19.0 Å². The van der Waals surface area contributed by atoms with Crippen LogP contribution in [0, 0.1) is 0 Å². The number of hydrogen-bond acceptors (Lipinski definition) is 5. The number of anilines is 1. The highest BCUT2D eigenvalue weighted by Crippen LogP contribution is 2.22. The Morgan fingerprint density at radius 2 is 2.05 bits per heavy atom. The summed E-state index contributed by atoms with van der Waals surface area (Å²) in [7, 11) is -3.18. The van der Waals surface area contributed by atoms with Gasteiger partial charge in [-0.3, -0.25) is 4.79 Å². The molecule has 0 aromatic heterocycles. The molecule has 0 bridgehead atoms. The first-order valence-corrected chi connectivity index (χ1v) is 8.49. The number of rotatable bonds is 5. The molecule has 3 amide bonds. The Morgan fingerprint density at radius 1 is 1.33 bits per heavy atom. The van der Waals surface area contributed by atoms with E-state index in [0.717, 1.165) is 16.7 Å². The highest BCUT2D eigenvalue weighted by atomic mass is 32.2. The van der Waals surface area contributed by atoms with Crippen LogP contribution in [0.3, 0.4) is 0 Å². The molecule has 1 atom stereocenters. The van der Waals surface area contributed by atoms with Gasteiger partial charge in [-0.05, 0) is 24.1 Å². The fraction of sp³-hybridized carbons (Fsp3) is 0.385. The van der Waals surface area contributed by atoms with Gasteiger partial charge in [0.15, 0.2) is 0 Å².